The van der Waals surface area contributed by atoms with Gasteiger partial charge >= 0.3 is 0 Å². The first-order valence-electron chi connectivity index (χ1n) is 5.45. The van der Waals surface area contributed by atoms with Crippen LogP contribution in [0, 0.1) is 12.7 Å². The maximum atomic E-state index is 14.0. The largest absolute Gasteiger partial charge is 0.399 e. The van der Waals surface area contributed by atoms with E-state index >= 15 is 0 Å². The number of ketones is 1. The highest BCUT2D eigenvalue weighted by molar-refractivity contribution is 6.42. The van der Waals surface area contributed by atoms with Crippen molar-refractivity contribution >= 4 is 34.7 Å². The van der Waals surface area contributed by atoms with Crippen LogP contribution < -0.4 is 5.73 Å². The number of aryl methyl sites for hydroxylation is 1. The van der Waals surface area contributed by atoms with Crippen LogP contribution in [0.1, 0.15) is 21.5 Å². The minimum Gasteiger partial charge on any atom is -0.399 e. The summed E-state index contributed by atoms with van der Waals surface area (Å²) in [7, 11) is 0. The van der Waals surface area contributed by atoms with Crippen molar-refractivity contribution < 1.29 is 9.18 Å². The van der Waals surface area contributed by atoms with E-state index in [1.165, 1.54) is 30.3 Å². The van der Waals surface area contributed by atoms with E-state index in [-0.39, 0.29) is 16.1 Å². The molecule has 2 N–H and O–H groups in total. The normalized spacial score (nSPS) is 10.5. The van der Waals surface area contributed by atoms with Gasteiger partial charge in [0, 0.05) is 11.3 Å². The molecule has 0 aliphatic carbocycles. The average molecular weight is 298 g/mol. The third-order valence-corrected chi connectivity index (χ3v) is 3.44. The van der Waals surface area contributed by atoms with Crippen molar-refractivity contribution in [3.05, 3.63) is 62.9 Å². The molecule has 0 heterocycles. The van der Waals surface area contributed by atoms with E-state index in [1.807, 2.05) is 0 Å². The van der Waals surface area contributed by atoms with Crippen molar-refractivity contribution in [2.24, 2.45) is 0 Å². The highest BCUT2D eigenvalue weighted by atomic mass is 35.5. The number of carbonyl (C=O) groups is 1. The number of nitrogens with two attached hydrogens (primary N) is 1. The summed E-state index contributed by atoms with van der Waals surface area (Å²) in [6, 6.07) is 7.18. The Morgan fingerprint density at radius 2 is 1.84 bits per heavy atom. The molecule has 0 aliphatic rings. The molecule has 2 aromatic rings. The standard InChI is InChI=1S/C14H10Cl2FNO/c1-7-4-9(18)6-10(13(7)17)14(19)8-2-3-11(15)12(16)5-8/h2-6H,18H2,1H3. The molecule has 0 bridgehead atoms. The van der Waals surface area contributed by atoms with Gasteiger partial charge in [0.1, 0.15) is 5.82 Å². The molecule has 0 aromatic heterocycles. The number of hydrogen-bond donors (Lipinski definition) is 1. The van der Waals surface area contributed by atoms with Crippen LogP contribution >= 0.6 is 23.2 Å². The van der Waals surface area contributed by atoms with Crippen molar-refractivity contribution in [3.8, 4) is 0 Å². The number of nitrogen functional groups attached to an aromatic ring is 1. The molecule has 0 aliphatic heterocycles. The van der Waals surface area contributed by atoms with Gasteiger partial charge < -0.3 is 5.73 Å². The molecule has 2 rings (SSSR count). The molecule has 98 valence electrons. The summed E-state index contributed by atoms with van der Waals surface area (Å²) in [4.78, 5) is 12.2. The monoisotopic (exact) mass is 297 g/mol. The molecule has 0 amide bonds. The first-order valence-corrected chi connectivity index (χ1v) is 6.21. The van der Waals surface area contributed by atoms with Crippen LogP contribution in [-0.2, 0) is 0 Å². The quantitative estimate of drug-likeness (QED) is 0.665. The zero-order valence-corrected chi connectivity index (χ0v) is 11.5. The molecule has 0 radical (unpaired) electrons. The molecule has 0 saturated heterocycles. The van der Waals surface area contributed by atoms with Gasteiger partial charge in [-0.1, -0.05) is 23.2 Å². The van der Waals surface area contributed by atoms with Crippen molar-refractivity contribution in [3.63, 3.8) is 0 Å². The first kappa shape index (κ1) is 13.8. The Hall–Kier alpha value is -1.58. The zero-order chi connectivity index (χ0) is 14.2. The van der Waals surface area contributed by atoms with Crippen LogP contribution in [0.3, 0.4) is 0 Å². The fourth-order valence-electron chi connectivity index (χ4n) is 1.76. The summed E-state index contributed by atoms with van der Waals surface area (Å²) in [5.74, 6) is -1.06. The van der Waals surface area contributed by atoms with Gasteiger partial charge in [0.25, 0.3) is 0 Å². The average Bonchev–Trinajstić information content (AvgIpc) is 2.36. The van der Waals surface area contributed by atoms with Gasteiger partial charge in [-0.25, -0.2) is 4.39 Å². The summed E-state index contributed by atoms with van der Waals surface area (Å²) < 4.78 is 14.0. The lowest BCUT2D eigenvalue weighted by atomic mass is 10.00. The molecular weight excluding hydrogens is 288 g/mol. The van der Waals surface area contributed by atoms with Crippen LogP contribution in [0.5, 0.6) is 0 Å². The molecule has 0 saturated carbocycles. The Morgan fingerprint density at radius 3 is 2.47 bits per heavy atom. The lowest BCUT2D eigenvalue weighted by Crippen LogP contribution is -2.07. The predicted molar refractivity (Wildman–Crippen MR) is 75.4 cm³/mol. The molecule has 2 nitrogen and oxygen atoms in total. The van der Waals surface area contributed by atoms with Crippen LogP contribution in [0.25, 0.3) is 0 Å². The molecule has 0 spiro atoms. The van der Waals surface area contributed by atoms with Crippen molar-refractivity contribution in [1.29, 1.82) is 0 Å². The van der Waals surface area contributed by atoms with E-state index in [9.17, 15) is 9.18 Å². The smallest absolute Gasteiger partial charge is 0.196 e. The van der Waals surface area contributed by atoms with Gasteiger partial charge in [0.2, 0.25) is 0 Å². The highest BCUT2D eigenvalue weighted by Crippen LogP contribution is 2.25. The molecule has 19 heavy (non-hydrogen) atoms. The van der Waals surface area contributed by atoms with Crippen LogP contribution in [0.15, 0.2) is 30.3 Å². The Morgan fingerprint density at radius 1 is 1.16 bits per heavy atom. The van der Waals surface area contributed by atoms with Gasteiger partial charge in [-0.15, -0.1) is 0 Å². The van der Waals surface area contributed by atoms with Crippen LogP contribution in [0.2, 0.25) is 10.0 Å². The second-order valence-corrected chi connectivity index (χ2v) is 4.97. The third kappa shape index (κ3) is 2.72. The molecule has 0 unspecified atom stereocenters. The third-order valence-electron chi connectivity index (χ3n) is 2.70. The van der Waals surface area contributed by atoms with Gasteiger partial charge in [-0.2, -0.15) is 0 Å². The fraction of sp³-hybridized carbons (Fsp3) is 0.0714. The first-order chi connectivity index (χ1) is 8.90. The SMILES string of the molecule is Cc1cc(N)cc(C(=O)c2ccc(Cl)c(Cl)c2)c1F. The molecule has 2 aromatic carbocycles. The number of hydrogen-bond acceptors (Lipinski definition) is 2. The minimum absolute atomic E-state index is 0.0733. The number of anilines is 1. The zero-order valence-electron chi connectivity index (χ0n) is 10.0. The number of halogens is 3. The summed E-state index contributed by atoms with van der Waals surface area (Å²) >= 11 is 11.6. The predicted octanol–water partition coefficient (Wildman–Crippen LogP) is 4.25. The topological polar surface area (TPSA) is 43.1 Å². The van der Waals surface area contributed by atoms with Gasteiger partial charge in [-0.05, 0) is 42.8 Å². The van der Waals surface area contributed by atoms with E-state index in [0.29, 0.717) is 16.3 Å². The maximum absolute atomic E-state index is 14.0. The summed E-state index contributed by atoms with van der Waals surface area (Å²) in [6.07, 6.45) is 0. The molecule has 0 atom stereocenters. The van der Waals surface area contributed by atoms with Crippen molar-refractivity contribution in [2.75, 3.05) is 5.73 Å². The summed E-state index contributed by atoms with van der Waals surface area (Å²) in [6.45, 7) is 1.55. The molecule has 5 heteroatoms. The van der Waals surface area contributed by atoms with Gasteiger partial charge in [0.15, 0.2) is 5.78 Å². The Kier molecular flexibility index (Phi) is 3.78. The van der Waals surface area contributed by atoms with Crippen LogP contribution in [-0.4, -0.2) is 5.78 Å². The Bertz CT molecular complexity index is 671. The van der Waals surface area contributed by atoms with E-state index in [2.05, 4.69) is 0 Å². The summed E-state index contributed by atoms with van der Waals surface area (Å²) in [5, 5.41) is 0.580. The van der Waals surface area contributed by atoms with Crippen LogP contribution in [0.4, 0.5) is 10.1 Å². The van der Waals surface area contributed by atoms with Crippen molar-refractivity contribution in [1.82, 2.24) is 0 Å². The molecular formula is C14H10Cl2FNO. The summed E-state index contributed by atoms with van der Waals surface area (Å²) in [5.41, 5.74) is 6.48. The number of rotatable bonds is 2. The van der Waals surface area contributed by atoms with Gasteiger partial charge in [0.05, 0.1) is 15.6 Å². The van der Waals surface area contributed by atoms with E-state index < -0.39 is 11.6 Å². The van der Waals surface area contributed by atoms with E-state index in [1.54, 1.807) is 6.92 Å². The molecule has 0 fully saturated rings. The maximum Gasteiger partial charge on any atom is 0.196 e. The number of carbonyl (C=O) groups excluding carboxylic acids is 1. The number of benzene rings is 2. The minimum atomic E-state index is -0.578. The second kappa shape index (κ2) is 5.19. The lowest BCUT2D eigenvalue weighted by Gasteiger charge is -2.07. The highest BCUT2D eigenvalue weighted by Gasteiger charge is 2.17. The Balaban J connectivity index is 2.53. The Labute approximate surface area is 119 Å². The second-order valence-electron chi connectivity index (χ2n) is 4.16. The fourth-order valence-corrected chi connectivity index (χ4v) is 2.05. The van der Waals surface area contributed by atoms with Gasteiger partial charge in [-0.3, -0.25) is 4.79 Å². The van der Waals surface area contributed by atoms with E-state index in [4.69, 9.17) is 28.9 Å². The van der Waals surface area contributed by atoms with Crippen molar-refractivity contribution in [2.45, 2.75) is 6.92 Å². The van der Waals surface area contributed by atoms with E-state index in [0.717, 1.165) is 0 Å². The lowest BCUT2D eigenvalue weighted by molar-refractivity contribution is 0.103.